The molecule has 2 aromatic carbocycles. The Morgan fingerprint density at radius 1 is 0.542 bits per heavy atom. The van der Waals surface area contributed by atoms with E-state index in [0.717, 1.165) is 11.1 Å². The van der Waals surface area contributed by atoms with E-state index in [9.17, 15) is 19.2 Å². The van der Waals surface area contributed by atoms with Gasteiger partial charge in [-0.25, -0.2) is 19.2 Å². The first-order valence-corrected chi connectivity index (χ1v) is 7.32. The van der Waals surface area contributed by atoms with E-state index >= 15 is 0 Å². The summed E-state index contributed by atoms with van der Waals surface area (Å²) >= 11 is 0. The van der Waals surface area contributed by atoms with Gasteiger partial charge in [0.2, 0.25) is 0 Å². The number of hydrogen-bond donors (Lipinski definition) is 0. The van der Waals surface area contributed by atoms with Crippen LogP contribution in [0.4, 0.5) is 0 Å². The number of fused-ring (bicyclic) bond motifs is 2. The fraction of sp³-hybridized carbons (Fsp3) is 0.111. The molecule has 118 valence electrons. The predicted molar refractivity (Wildman–Crippen MR) is 79.8 cm³/mol. The lowest BCUT2D eigenvalue weighted by molar-refractivity contribution is 0.0425. The highest BCUT2D eigenvalue weighted by atomic mass is 16.6. The van der Waals surface area contributed by atoms with Crippen molar-refractivity contribution in [3.8, 4) is 0 Å². The number of benzene rings is 2. The maximum absolute atomic E-state index is 11.6. The van der Waals surface area contributed by atoms with Crippen LogP contribution in [0, 0.1) is 0 Å². The molecule has 0 N–H and O–H groups in total. The van der Waals surface area contributed by atoms with E-state index in [-0.39, 0.29) is 22.3 Å². The van der Waals surface area contributed by atoms with Crippen LogP contribution in [-0.4, -0.2) is 23.9 Å². The summed E-state index contributed by atoms with van der Waals surface area (Å²) in [6, 6.07) is 9.99. The minimum atomic E-state index is -0.629. The monoisotopic (exact) mass is 322 g/mol. The number of cyclic esters (lactones) is 4. The molecule has 0 aliphatic carbocycles. The Bertz CT molecular complexity index is 863. The van der Waals surface area contributed by atoms with Gasteiger partial charge < -0.3 is 9.47 Å². The topological polar surface area (TPSA) is 86.7 Å². The summed E-state index contributed by atoms with van der Waals surface area (Å²) in [6.45, 7) is 0. The van der Waals surface area contributed by atoms with Crippen molar-refractivity contribution in [2.75, 3.05) is 0 Å². The summed E-state index contributed by atoms with van der Waals surface area (Å²) < 4.78 is 9.12. The van der Waals surface area contributed by atoms with Gasteiger partial charge in [0.05, 0.1) is 22.3 Å². The molecule has 2 aromatic rings. The average molecular weight is 322 g/mol. The maximum atomic E-state index is 11.6. The molecule has 0 spiro atoms. The lowest BCUT2D eigenvalue weighted by Crippen LogP contribution is -1.99. The van der Waals surface area contributed by atoms with Crippen LogP contribution < -0.4 is 0 Å². The maximum Gasteiger partial charge on any atom is 0.346 e. The molecule has 0 saturated carbocycles. The second-order valence-electron chi connectivity index (χ2n) is 5.61. The number of carbonyl (C=O) groups excluding carboxylic acids is 4. The molecular formula is C18H10O6. The molecule has 6 heteroatoms. The molecular weight excluding hydrogens is 312 g/mol. The molecule has 0 aromatic heterocycles. The Balaban J connectivity index is 1.54. The van der Waals surface area contributed by atoms with Gasteiger partial charge in [0.15, 0.2) is 0 Å². The Kier molecular flexibility index (Phi) is 3.06. The van der Waals surface area contributed by atoms with Crippen molar-refractivity contribution < 1.29 is 28.7 Å². The van der Waals surface area contributed by atoms with E-state index in [1.807, 2.05) is 0 Å². The first-order valence-electron chi connectivity index (χ1n) is 7.32. The third-order valence-electron chi connectivity index (χ3n) is 4.12. The molecule has 0 bridgehead atoms. The summed E-state index contributed by atoms with van der Waals surface area (Å²) in [4.78, 5) is 46.0. The van der Waals surface area contributed by atoms with Crippen LogP contribution >= 0.6 is 0 Å². The molecule has 0 amide bonds. The molecule has 0 saturated heterocycles. The number of rotatable bonds is 3. The van der Waals surface area contributed by atoms with E-state index in [4.69, 9.17) is 0 Å². The van der Waals surface area contributed by atoms with E-state index in [1.165, 1.54) is 0 Å². The Hall–Kier alpha value is -3.28. The molecule has 0 atom stereocenters. The molecule has 2 aliphatic rings. The van der Waals surface area contributed by atoms with Crippen molar-refractivity contribution in [3.05, 3.63) is 69.8 Å². The van der Waals surface area contributed by atoms with Crippen LogP contribution in [0.15, 0.2) is 36.4 Å². The van der Waals surface area contributed by atoms with Gasteiger partial charge in [0.25, 0.3) is 0 Å². The lowest BCUT2D eigenvalue weighted by atomic mass is 9.98. The van der Waals surface area contributed by atoms with E-state index < -0.39 is 23.9 Å². The van der Waals surface area contributed by atoms with Crippen molar-refractivity contribution in [2.45, 2.75) is 12.8 Å². The number of hydrogen-bond acceptors (Lipinski definition) is 6. The lowest BCUT2D eigenvalue weighted by Gasteiger charge is -2.04. The highest BCUT2D eigenvalue weighted by Crippen LogP contribution is 2.24. The van der Waals surface area contributed by atoms with Crippen LogP contribution in [0.3, 0.4) is 0 Å². The highest BCUT2D eigenvalue weighted by molar-refractivity contribution is 6.15. The summed E-state index contributed by atoms with van der Waals surface area (Å²) in [5.41, 5.74) is 2.87. The summed E-state index contributed by atoms with van der Waals surface area (Å²) in [5, 5.41) is 0. The molecule has 2 heterocycles. The van der Waals surface area contributed by atoms with Gasteiger partial charge in [0.1, 0.15) is 0 Å². The van der Waals surface area contributed by atoms with Crippen molar-refractivity contribution in [3.63, 3.8) is 0 Å². The zero-order valence-corrected chi connectivity index (χ0v) is 12.3. The van der Waals surface area contributed by atoms with Crippen molar-refractivity contribution in [1.82, 2.24) is 0 Å². The van der Waals surface area contributed by atoms with Crippen LogP contribution in [0.1, 0.15) is 52.6 Å². The van der Waals surface area contributed by atoms with Crippen molar-refractivity contribution in [2.24, 2.45) is 0 Å². The zero-order valence-electron chi connectivity index (χ0n) is 12.3. The Labute approximate surface area is 136 Å². The second kappa shape index (κ2) is 5.13. The van der Waals surface area contributed by atoms with Gasteiger partial charge in [-0.3, -0.25) is 0 Å². The molecule has 2 aliphatic heterocycles. The average Bonchev–Trinajstić information content (AvgIpc) is 3.02. The van der Waals surface area contributed by atoms with Crippen molar-refractivity contribution >= 4 is 23.9 Å². The SMILES string of the molecule is O=C1OC(=O)c2cc(CCc3ccc4c(c3)C(=O)OC4=O)ccc21. The van der Waals surface area contributed by atoms with Gasteiger partial charge in [-0.05, 0) is 48.2 Å². The standard InChI is InChI=1S/C18H10O6/c19-15-11-5-3-9(7-13(11)17(21)23-15)1-2-10-4-6-12-14(8-10)18(22)24-16(12)20/h3-8H,1-2H2. The van der Waals surface area contributed by atoms with Crippen LogP contribution in [-0.2, 0) is 22.3 Å². The normalized spacial score (nSPS) is 15.2. The molecule has 6 nitrogen and oxygen atoms in total. The zero-order chi connectivity index (χ0) is 16.8. The molecule has 24 heavy (non-hydrogen) atoms. The van der Waals surface area contributed by atoms with Crippen LogP contribution in [0.5, 0.6) is 0 Å². The minimum absolute atomic E-state index is 0.278. The first kappa shape index (κ1) is 14.3. The highest BCUT2D eigenvalue weighted by Gasteiger charge is 2.30. The number of carbonyl (C=O) groups is 4. The van der Waals surface area contributed by atoms with Gasteiger partial charge in [-0.15, -0.1) is 0 Å². The van der Waals surface area contributed by atoms with Gasteiger partial charge >= 0.3 is 23.9 Å². The fourth-order valence-electron chi connectivity index (χ4n) is 2.86. The van der Waals surface area contributed by atoms with E-state index in [1.54, 1.807) is 36.4 Å². The minimum Gasteiger partial charge on any atom is -0.386 e. The predicted octanol–water partition coefficient (Wildman–Crippen LogP) is 2.09. The number of aryl methyl sites for hydroxylation is 2. The van der Waals surface area contributed by atoms with E-state index in [2.05, 4.69) is 9.47 Å². The van der Waals surface area contributed by atoms with Crippen LogP contribution in [0.2, 0.25) is 0 Å². The third-order valence-corrected chi connectivity index (χ3v) is 4.12. The first-order chi connectivity index (χ1) is 11.5. The molecule has 0 radical (unpaired) electrons. The summed E-state index contributed by atoms with van der Waals surface area (Å²) in [6.07, 6.45) is 1.22. The summed E-state index contributed by atoms with van der Waals surface area (Å²) in [7, 11) is 0. The smallest absolute Gasteiger partial charge is 0.346 e. The molecule has 0 fully saturated rings. The quantitative estimate of drug-likeness (QED) is 0.635. The van der Waals surface area contributed by atoms with Crippen molar-refractivity contribution in [1.29, 1.82) is 0 Å². The van der Waals surface area contributed by atoms with Gasteiger partial charge in [0, 0.05) is 0 Å². The number of ether oxygens (including phenoxy) is 2. The van der Waals surface area contributed by atoms with Gasteiger partial charge in [-0.1, -0.05) is 12.1 Å². The summed E-state index contributed by atoms with van der Waals surface area (Å²) in [5.74, 6) is -2.50. The Morgan fingerprint density at radius 2 is 0.917 bits per heavy atom. The van der Waals surface area contributed by atoms with Gasteiger partial charge in [-0.2, -0.15) is 0 Å². The second-order valence-corrected chi connectivity index (χ2v) is 5.61. The van der Waals surface area contributed by atoms with E-state index in [0.29, 0.717) is 12.8 Å². The number of esters is 4. The largest absolute Gasteiger partial charge is 0.386 e. The molecule has 0 unspecified atom stereocenters. The van der Waals surface area contributed by atoms with Crippen LogP contribution in [0.25, 0.3) is 0 Å². The third kappa shape index (κ3) is 2.20. The fourth-order valence-corrected chi connectivity index (χ4v) is 2.86. The Morgan fingerprint density at radius 3 is 1.33 bits per heavy atom. The molecule has 4 rings (SSSR count).